The molecule has 0 bridgehead atoms. The maximum absolute atomic E-state index is 10.9. The third-order valence-corrected chi connectivity index (χ3v) is 5.30. The molecule has 0 spiro atoms. The van der Waals surface area contributed by atoms with E-state index in [0.717, 1.165) is 9.86 Å². The van der Waals surface area contributed by atoms with Crippen LogP contribution in [0.2, 0.25) is 10.0 Å². The number of anilines is 1. The van der Waals surface area contributed by atoms with Crippen molar-refractivity contribution in [1.29, 1.82) is 0 Å². The molecule has 0 radical (unpaired) electrons. The van der Waals surface area contributed by atoms with E-state index in [0.29, 0.717) is 37.6 Å². The lowest BCUT2D eigenvalue weighted by Gasteiger charge is -2.00. The molecule has 1 heterocycles. The van der Waals surface area contributed by atoms with Crippen LogP contribution in [0.15, 0.2) is 44.2 Å². The summed E-state index contributed by atoms with van der Waals surface area (Å²) in [4.78, 5) is 36.4. The number of fused-ring (bicyclic) bond motifs is 1. The molecule has 0 saturated heterocycles. The predicted molar refractivity (Wildman–Crippen MR) is 131 cm³/mol. The van der Waals surface area contributed by atoms with Gasteiger partial charge in [-0.2, -0.15) is 0 Å². The second-order valence-electron chi connectivity index (χ2n) is 4.96. The average molecular weight is 586 g/mol. The standard InChI is InChI=1S/C8H4BrClN2O.C7H5BrClNO.CH4N2O.2CH4/c9-5-1-4-3-11-8(13)12-7(4)2-6(5)10;8-5-1-4(3-11)7(10)2-6(5)9;2-1(3)4;;/h1-3H,(H,11,12,13);1-3H,10H2;(H4,2,3,4);2*1H4. The van der Waals surface area contributed by atoms with E-state index in [-0.39, 0.29) is 20.5 Å². The molecule has 0 saturated carbocycles. The number of amides is 2. The van der Waals surface area contributed by atoms with Gasteiger partial charge in [0.15, 0.2) is 6.29 Å². The first-order chi connectivity index (χ1) is 13.0. The summed E-state index contributed by atoms with van der Waals surface area (Å²) in [5.74, 6) is 0. The number of nitrogens with zero attached hydrogens (tertiary/aromatic N) is 1. The molecular weight excluding hydrogens is 565 g/mol. The summed E-state index contributed by atoms with van der Waals surface area (Å²) in [6.45, 7) is 0. The SMILES string of the molecule is C.C.NC(N)=O.Nc1cc(Cl)c(Br)cc1C=O.O=c1ncc2cc(Br)c(Cl)cc2[nH]1. The smallest absolute Gasteiger partial charge is 0.345 e. The molecule has 1 aromatic heterocycles. The predicted octanol–water partition coefficient (Wildman–Crippen LogP) is 5.13. The second-order valence-corrected chi connectivity index (χ2v) is 7.48. The zero-order valence-corrected chi connectivity index (χ0v) is 18.6. The number of urea groups is 1. The molecule has 12 heteroatoms. The molecule has 0 aliphatic carbocycles. The molecule has 3 rings (SSSR count). The Hall–Kier alpha value is -2.14. The van der Waals surface area contributed by atoms with Gasteiger partial charge in [-0.05, 0) is 56.1 Å². The Bertz CT molecular complexity index is 1070. The van der Waals surface area contributed by atoms with Gasteiger partial charge in [0.1, 0.15) is 0 Å². The summed E-state index contributed by atoms with van der Waals surface area (Å²) in [6.07, 6.45) is 2.20. The highest BCUT2D eigenvalue weighted by Crippen LogP contribution is 2.27. The third-order valence-electron chi connectivity index (χ3n) is 2.91. The number of carbonyl (C=O) groups excluding carboxylic acids is 2. The largest absolute Gasteiger partial charge is 0.398 e. The van der Waals surface area contributed by atoms with Crippen LogP contribution in [0.4, 0.5) is 10.5 Å². The Morgan fingerprint density at radius 2 is 1.53 bits per heavy atom. The Labute approximate surface area is 200 Å². The van der Waals surface area contributed by atoms with Gasteiger partial charge in [-0.15, -0.1) is 0 Å². The second kappa shape index (κ2) is 14.0. The number of aromatic amines is 1. The highest BCUT2D eigenvalue weighted by molar-refractivity contribution is 9.10. The number of hydrogen-bond acceptors (Lipinski definition) is 5. The van der Waals surface area contributed by atoms with Crippen LogP contribution in [0.25, 0.3) is 10.9 Å². The maximum Gasteiger partial charge on any atom is 0.345 e. The minimum Gasteiger partial charge on any atom is -0.398 e. The maximum atomic E-state index is 10.9. The number of aromatic nitrogens is 2. The minimum atomic E-state index is -0.833. The Morgan fingerprint density at radius 1 is 1.03 bits per heavy atom. The van der Waals surface area contributed by atoms with E-state index in [4.69, 9.17) is 33.7 Å². The van der Waals surface area contributed by atoms with Crippen molar-refractivity contribution in [2.24, 2.45) is 11.5 Å². The van der Waals surface area contributed by atoms with E-state index < -0.39 is 6.03 Å². The number of benzene rings is 2. The first-order valence-corrected chi connectivity index (χ1v) is 9.48. The van der Waals surface area contributed by atoms with Crippen LogP contribution in [0, 0.1) is 0 Å². The summed E-state index contributed by atoms with van der Waals surface area (Å²) in [5, 5.41) is 1.92. The molecule has 0 fully saturated rings. The van der Waals surface area contributed by atoms with Crippen molar-refractivity contribution < 1.29 is 9.59 Å². The molecule has 7 N–H and O–H groups in total. The Kier molecular flexibility index (Phi) is 14.0. The molecule has 2 aromatic carbocycles. The minimum absolute atomic E-state index is 0. The number of rotatable bonds is 1. The van der Waals surface area contributed by atoms with Gasteiger partial charge in [-0.1, -0.05) is 38.1 Å². The molecule has 3 aromatic rings. The van der Waals surface area contributed by atoms with Gasteiger partial charge in [0.25, 0.3) is 0 Å². The molecule has 8 nitrogen and oxygen atoms in total. The van der Waals surface area contributed by atoms with Gasteiger partial charge in [-0.25, -0.2) is 14.6 Å². The lowest BCUT2D eigenvalue weighted by molar-refractivity contribution is 0.112. The molecular formula is C18H21Br2Cl2N5O3. The Balaban J connectivity index is 0. The van der Waals surface area contributed by atoms with Crippen molar-refractivity contribution in [2.45, 2.75) is 14.9 Å². The topological polar surface area (TPSA) is 158 Å². The number of carbonyl (C=O) groups is 2. The Morgan fingerprint density at radius 3 is 2.07 bits per heavy atom. The molecule has 164 valence electrons. The summed E-state index contributed by atoms with van der Waals surface area (Å²) < 4.78 is 1.46. The quantitative estimate of drug-likeness (QED) is 0.230. The molecule has 0 atom stereocenters. The number of H-pyrrole nitrogens is 1. The number of nitrogens with one attached hydrogen (secondary N) is 1. The summed E-state index contributed by atoms with van der Waals surface area (Å²) >= 11 is 18.0. The van der Waals surface area contributed by atoms with Crippen LogP contribution < -0.4 is 22.9 Å². The van der Waals surface area contributed by atoms with Crippen molar-refractivity contribution in [1.82, 2.24) is 9.97 Å². The van der Waals surface area contributed by atoms with Crippen LogP contribution >= 0.6 is 55.1 Å². The molecule has 0 aliphatic heterocycles. The summed E-state index contributed by atoms with van der Waals surface area (Å²) in [7, 11) is 0. The van der Waals surface area contributed by atoms with Crippen molar-refractivity contribution in [3.05, 3.63) is 65.5 Å². The fourth-order valence-electron chi connectivity index (χ4n) is 1.73. The van der Waals surface area contributed by atoms with Gasteiger partial charge in [-0.3, -0.25) is 4.79 Å². The highest BCUT2D eigenvalue weighted by Gasteiger charge is 2.02. The summed E-state index contributed by atoms with van der Waals surface area (Å²) in [6, 6.07) is 5.78. The number of nitrogens with two attached hydrogens (primary N) is 3. The van der Waals surface area contributed by atoms with Crippen molar-refractivity contribution >= 4 is 84.0 Å². The lowest BCUT2D eigenvalue weighted by atomic mass is 10.2. The van der Waals surface area contributed by atoms with Crippen molar-refractivity contribution in [3.8, 4) is 0 Å². The number of nitrogen functional groups attached to an aromatic ring is 1. The molecule has 0 aliphatic rings. The van der Waals surface area contributed by atoms with Gasteiger partial charge in [0, 0.05) is 31.8 Å². The number of hydrogen-bond donors (Lipinski definition) is 4. The number of halogens is 4. The molecule has 0 unspecified atom stereocenters. The first kappa shape index (κ1) is 30.1. The van der Waals surface area contributed by atoms with E-state index in [1.54, 1.807) is 18.2 Å². The highest BCUT2D eigenvalue weighted by atomic mass is 79.9. The lowest BCUT2D eigenvalue weighted by Crippen LogP contribution is -2.18. The normalized spacial score (nSPS) is 8.93. The van der Waals surface area contributed by atoms with Crippen molar-refractivity contribution in [2.75, 3.05) is 5.73 Å². The monoisotopic (exact) mass is 583 g/mol. The van der Waals surface area contributed by atoms with Crippen LogP contribution in [0.3, 0.4) is 0 Å². The van der Waals surface area contributed by atoms with Gasteiger partial charge >= 0.3 is 11.7 Å². The van der Waals surface area contributed by atoms with Crippen LogP contribution in [0.1, 0.15) is 25.2 Å². The fraction of sp³-hybridized carbons (Fsp3) is 0.111. The average Bonchev–Trinajstić information content (AvgIpc) is 2.59. The first-order valence-electron chi connectivity index (χ1n) is 7.13. The van der Waals surface area contributed by atoms with Crippen LogP contribution in [-0.4, -0.2) is 22.3 Å². The van der Waals surface area contributed by atoms with E-state index in [1.165, 1.54) is 12.3 Å². The number of primary amides is 2. The van der Waals surface area contributed by atoms with Gasteiger partial charge < -0.3 is 22.2 Å². The zero-order valence-electron chi connectivity index (χ0n) is 13.9. The van der Waals surface area contributed by atoms with Crippen LogP contribution in [0.5, 0.6) is 0 Å². The van der Waals surface area contributed by atoms with Gasteiger partial charge in [0.05, 0.1) is 15.6 Å². The van der Waals surface area contributed by atoms with Gasteiger partial charge in [0.2, 0.25) is 0 Å². The third kappa shape index (κ3) is 9.57. The summed E-state index contributed by atoms with van der Waals surface area (Å²) in [5.41, 5.74) is 15.1. The fourth-order valence-corrected chi connectivity index (χ4v) is 2.79. The molecule has 30 heavy (non-hydrogen) atoms. The van der Waals surface area contributed by atoms with E-state index in [2.05, 4.69) is 53.3 Å². The van der Waals surface area contributed by atoms with E-state index in [1.807, 2.05) is 0 Å². The van der Waals surface area contributed by atoms with E-state index >= 15 is 0 Å². The molecule has 2 amide bonds. The number of aldehydes is 1. The van der Waals surface area contributed by atoms with Crippen LogP contribution in [-0.2, 0) is 0 Å². The van der Waals surface area contributed by atoms with Crippen molar-refractivity contribution in [3.63, 3.8) is 0 Å². The van der Waals surface area contributed by atoms with E-state index in [9.17, 15) is 9.59 Å². The zero-order chi connectivity index (χ0) is 21.4.